The number of nitrogens with zero attached hydrogens (tertiary/aromatic N) is 2. The number of piperidine rings is 1. The average molecular weight is 462 g/mol. The zero-order chi connectivity index (χ0) is 23.8. The molecule has 1 atom stereocenters. The van der Waals surface area contributed by atoms with Crippen LogP contribution < -0.4 is 14.4 Å². The molecule has 2 amide bonds. The minimum Gasteiger partial charge on any atom is -0.497 e. The highest BCUT2D eigenvalue weighted by Gasteiger charge is 2.39. The van der Waals surface area contributed by atoms with Crippen molar-refractivity contribution < 1.29 is 19.1 Å². The monoisotopic (exact) mass is 461 g/mol. The number of aryl methyl sites for hydroxylation is 1. The van der Waals surface area contributed by atoms with E-state index in [1.54, 1.807) is 19.1 Å². The van der Waals surface area contributed by atoms with Crippen LogP contribution >= 0.6 is 0 Å². The van der Waals surface area contributed by atoms with E-state index in [0.29, 0.717) is 31.3 Å². The highest BCUT2D eigenvalue weighted by Crippen LogP contribution is 2.37. The largest absolute Gasteiger partial charge is 0.497 e. The summed E-state index contributed by atoms with van der Waals surface area (Å²) in [6, 6.07) is 11.9. The van der Waals surface area contributed by atoms with Crippen molar-refractivity contribution in [3.05, 3.63) is 53.7 Å². The van der Waals surface area contributed by atoms with E-state index in [1.807, 2.05) is 42.2 Å². The number of fused-ring (bicyclic) bond motifs is 1. The van der Waals surface area contributed by atoms with Crippen LogP contribution in [0.25, 0.3) is 10.9 Å². The summed E-state index contributed by atoms with van der Waals surface area (Å²) < 4.78 is 10.9. The van der Waals surface area contributed by atoms with Gasteiger partial charge in [-0.2, -0.15) is 0 Å². The molecule has 0 radical (unpaired) electrons. The van der Waals surface area contributed by atoms with Crippen molar-refractivity contribution in [2.45, 2.75) is 32.1 Å². The van der Waals surface area contributed by atoms with Crippen molar-refractivity contribution in [3.63, 3.8) is 0 Å². The van der Waals surface area contributed by atoms with Crippen molar-refractivity contribution in [2.24, 2.45) is 5.92 Å². The number of aromatic amines is 1. The average Bonchev–Trinajstić information content (AvgIpc) is 3.46. The second-order valence-corrected chi connectivity index (χ2v) is 9.34. The molecule has 1 unspecified atom stereocenters. The molecule has 5 rings (SSSR count). The number of nitrogens with one attached hydrogen (secondary N) is 1. The van der Waals surface area contributed by atoms with Gasteiger partial charge in [-0.3, -0.25) is 9.59 Å². The lowest BCUT2D eigenvalue weighted by Gasteiger charge is -2.33. The summed E-state index contributed by atoms with van der Waals surface area (Å²) in [4.78, 5) is 33.2. The number of amides is 2. The van der Waals surface area contributed by atoms with Crippen LogP contribution in [0.2, 0.25) is 0 Å². The van der Waals surface area contributed by atoms with Gasteiger partial charge in [-0.15, -0.1) is 0 Å². The van der Waals surface area contributed by atoms with Crippen molar-refractivity contribution in [3.8, 4) is 11.5 Å². The molecule has 2 aliphatic rings. The molecule has 2 aliphatic heterocycles. The number of likely N-dealkylation sites (tertiary alicyclic amines) is 1. The van der Waals surface area contributed by atoms with E-state index < -0.39 is 0 Å². The molecule has 0 bridgehead atoms. The maximum Gasteiger partial charge on any atom is 0.228 e. The first-order valence-electron chi connectivity index (χ1n) is 11.9. The number of ether oxygens (including phenoxy) is 2. The number of carbonyl (C=O) groups excluding carboxylic acids is 2. The summed E-state index contributed by atoms with van der Waals surface area (Å²) in [6.45, 7) is 3.80. The molecule has 178 valence electrons. The lowest BCUT2D eigenvalue weighted by atomic mass is 9.88. The van der Waals surface area contributed by atoms with Gasteiger partial charge in [0.15, 0.2) is 0 Å². The normalized spacial score (nSPS) is 19.1. The lowest BCUT2D eigenvalue weighted by molar-refractivity contribution is -0.136. The molecular weight excluding hydrogens is 430 g/mol. The Morgan fingerprint density at radius 1 is 1.06 bits per heavy atom. The topological polar surface area (TPSA) is 74.9 Å². The van der Waals surface area contributed by atoms with Gasteiger partial charge in [-0.1, -0.05) is 6.07 Å². The van der Waals surface area contributed by atoms with Gasteiger partial charge in [0.1, 0.15) is 11.5 Å². The Hall–Kier alpha value is -3.48. The Bertz CT molecular complexity index is 1230. The fourth-order valence-electron chi connectivity index (χ4n) is 5.37. The van der Waals surface area contributed by atoms with E-state index >= 15 is 0 Å². The Morgan fingerprint density at radius 3 is 2.59 bits per heavy atom. The van der Waals surface area contributed by atoms with Crippen molar-refractivity contribution in [1.29, 1.82) is 0 Å². The highest BCUT2D eigenvalue weighted by atomic mass is 16.5. The molecule has 2 saturated heterocycles. The summed E-state index contributed by atoms with van der Waals surface area (Å²) in [7, 11) is 3.28. The molecule has 34 heavy (non-hydrogen) atoms. The number of H-pyrrole nitrogens is 1. The van der Waals surface area contributed by atoms with E-state index in [-0.39, 0.29) is 24.2 Å². The number of hydrogen-bond acceptors (Lipinski definition) is 4. The molecular formula is C27H31N3O4. The molecule has 3 aromatic rings. The quantitative estimate of drug-likeness (QED) is 0.616. The van der Waals surface area contributed by atoms with E-state index in [4.69, 9.17) is 9.47 Å². The van der Waals surface area contributed by atoms with E-state index in [2.05, 4.69) is 17.2 Å². The first kappa shape index (κ1) is 22.3. The Kier molecular flexibility index (Phi) is 5.94. The summed E-state index contributed by atoms with van der Waals surface area (Å²) in [5.41, 5.74) is 4.19. The third kappa shape index (κ3) is 4.00. The van der Waals surface area contributed by atoms with Crippen LogP contribution in [0.4, 0.5) is 5.69 Å². The van der Waals surface area contributed by atoms with Crippen LogP contribution in [0, 0.1) is 12.8 Å². The van der Waals surface area contributed by atoms with Crippen LogP contribution in [0.3, 0.4) is 0 Å². The predicted molar refractivity (Wildman–Crippen MR) is 132 cm³/mol. The molecule has 1 aromatic heterocycles. The highest BCUT2D eigenvalue weighted by molar-refractivity contribution is 6.01. The first-order valence-corrected chi connectivity index (χ1v) is 11.9. The third-order valence-corrected chi connectivity index (χ3v) is 7.27. The zero-order valence-corrected chi connectivity index (χ0v) is 20.0. The van der Waals surface area contributed by atoms with Gasteiger partial charge in [-0.05, 0) is 67.1 Å². The molecule has 0 spiro atoms. The van der Waals surface area contributed by atoms with Crippen LogP contribution in [0.1, 0.15) is 36.3 Å². The number of rotatable bonds is 5. The molecule has 0 aliphatic carbocycles. The summed E-state index contributed by atoms with van der Waals surface area (Å²) in [5, 5.41) is 1.19. The maximum absolute atomic E-state index is 13.3. The Balaban J connectivity index is 1.25. The number of anilines is 1. The van der Waals surface area contributed by atoms with Gasteiger partial charge in [0.05, 0.1) is 25.8 Å². The van der Waals surface area contributed by atoms with Gasteiger partial charge < -0.3 is 24.3 Å². The van der Waals surface area contributed by atoms with Crippen molar-refractivity contribution >= 4 is 28.4 Å². The van der Waals surface area contributed by atoms with Gasteiger partial charge >= 0.3 is 0 Å². The molecule has 1 N–H and O–H groups in total. The van der Waals surface area contributed by atoms with Gasteiger partial charge in [-0.25, -0.2) is 0 Å². The molecule has 0 saturated carbocycles. The Morgan fingerprint density at radius 2 is 1.85 bits per heavy atom. The van der Waals surface area contributed by atoms with Crippen molar-refractivity contribution in [2.75, 3.05) is 38.8 Å². The van der Waals surface area contributed by atoms with Crippen LogP contribution in [-0.4, -0.2) is 55.6 Å². The molecule has 7 nitrogen and oxygen atoms in total. The molecule has 2 aromatic carbocycles. The second kappa shape index (κ2) is 9.05. The number of aromatic nitrogens is 1. The number of methoxy groups -OCH3 is 2. The molecule has 7 heteroatoms. The van der Waals surface area contributed by atoms with Crippen LogP contribution in [-0.2, 0) is 9.59 Å². The number of carbonyl (C=O) groups is 2. The third-order valence-electron chi connectivity index (χ3n) is 7.27. The van der Waals surface area contributed by atoms with E-state index in [1.165, 1.54) is 10.9 Å². The first-order chi connectivity index (χ1) is 16.5. The zero-order valence-electron chi connectivity index (χ0n) is 20.0. The minimum atomic E-state index is -0.313. The van der Waals surface area contributed by atoms with Crippen LogP contribution in [0.15, 0.2) is 42.6 Å². The van der Waals surface area contributed by atoms with Crippen LogP contribution in [0.5, 0.6) is 11.5 Å². The molecule has 3 heterocycles. The van der Waals surface area contributed by atoms with E-state index in [9.17, 15) is 9.59 Å². The fraction of sp³-hybridized carbons (Fsp3) is 0.407. The number of benzene rings is 2. The van der Waals surface area contributed by atoms with Gasteiger partial charge in [0, 0.05) is 43.2 Å². The molecule has 2 fully saturated rings. The summed E-state index contributed by atoms with van der Waals surface area (Å²) in [6.07, 6.45) is 4.16. The Labute approximate surface area is 199 Å². The van der Waals surface area contributed by atoms with Crippen molar-refractivity contribution in [1.82, 2.24) is 9.88 Å². The van der Waals surface area contributed by atoms with Gasteiger partial charge in [0.25, 0.3) is 0 Å². The summed E-state index contributed by atoms with van der Waals surface area (Å²) in [5.74, 6) is 1.64. The standard InChI is InChI=1S/C27H31N3O4/c1-17-4-7-25(34-3)24(12-17)30-16-19(13-26(30)31)27(32)29-10-8-18(9-11-29)22-15-28-23-6-5-20(33-2)14-21(22)23/h4-7,12,14-15,18-19,28H,8-11,13,16H2,1-3H3. The van der Waals surface area contributed by atoms with E-state index in [0.717, 1.165) is 35.4 Å². The SMILES string of the molecule is COc1ccc2[nH]cc(C3CCN(C(=O)C4CC(=O)N(c5cc(C)ccc5OC)C4)CC3)c2c1. The van der Waals surface area contributed by atoms with Gasteiger partial charge in [0.2, 0.25) is 11.8 Å². The lowest BCUT2D eigenvalue weighted by Crippen LogP contribution is -2.42. The maximum atomic E-state index is 13.3. The number of hydrogen-bond donors (Lipinski definition) is 1. The fourth-order valence-corrected chi connectivity index (χ4v) is 5.37. The second-order valence-electron chi connectivity index (χ2n) is 9.34. The predicted octanol–water partition coefficient (Wildman–Crippen LogP) is 4.25. The minimum absolute atomic E-state index is 0.0233. The summed E-state index contributed by atoms with van der Waals surface area (Å²) >= 11 is 0. The smallest absolute Gasteiger partial charge is 0.228 e.